The van der Waals surface area contributed by atoms with Crippen molar-refractivity contribution in [3.8, 4) is 0 Å². The summed E-state index contributed by atoms with van der Waals surface area (Å²) in [6.07, 6.45) is -1.59. The van der Waals surface area contributed by atoms with Gasteiger partial charge < -0.3 is 5.32 Å². The number of halogens is 2. The molecule has 0 spiro atoms. The van der Waals surface area contributed by atoms with E-state index in [1.165, 1.54) is 12.1 Å². The molecule has 2 rings (SSSR count). The number of benzene rings is 1. The van der Waals surface area contributed by atoms with E-state index in [1.54, 1.807) is 17.4 Å². The predicted octanol–water partition coefficient (Wildman–Crippen LogP) is 3.00. The van der Waals surface area contributed by atoms with Crippen LogP contribution in [0.1, 0.15) is 17.0 Å². The molecule has 2 nitrogen and oxygen atoms in total. The van der Waals surface area contributed by atoms with Crippen molar-refractivity contribution in [1.29, 1.82) is 0 Å². The number of fused-ring (bicyclic) bond motifs is 1. The van der Waals surface area contributed by atoms with Crippen molar-refractivity contribution in [3.05, 3.63) is 28.8 Å². The number of alkyl halides is 2. The first-order valence-electron chi connectivity index (χ1n) is 5.03. The third-order valence-electron chi connectivity index (χ3n) is 2.30. The molecule has 0 radical (unpaired) electrons. The van der Waals surface area contributed by atoms with Crippen LogP contribution in [-0.2, 0) is 6.42 Å². The van der Waals surface area contributed by atoms with Crippen LogP contribution in [0, 0.1) is 0 Å². The highest BCUT2D eigenvalue weighted by Crippen LogP contribution is 2.27. The monoisotopic (exact) mass is 242 g/mol. The first-order valence-corrected chi connectivity index (χ1v) is 5.84. The first kappa shape index (κ1) is 11.4. The summed E-state index contributed by atoms with van der Waals surface area (Å²) in [4.78, 5) is 4.34. The average molecular weight is 242 g/mol. The van der Waals surface area contributed by atoms with Gasteiger partial charge in [-0.1, -0.05) is 6.07 Å². The van der Waals surface area contributed by atoms with Gasteiger partial charge in [0.15, 0.2) is 0 Å². The van der Waals surface area contributed by atoms with Gasteiger partial charge in [0.05, 0.1) is 15.2 Å². The van der Waals surface area contributed by atoms with Gasteiger partial charge in [0.2, 0.25) is 0 Å². The molecule has 5 heteroatoms. The van der Waals surface area contributed by atoms with Crippen molar-refractivity contribution in [2.24, 2.45) is 0 Å². The van der Waals surface area contributed by atoms with Crippen molar-refractivity contribution in [3.63, 3.8) is 0 Å². The van der Waals surface area contributed by atoms with Gasteiger partial charge in [0.25, 0.3) is 6.43 Å². The number of aromatic nitrogens is 1. The predicted molar refractivity (Wildman–Crippen MR) is 62.2 cm³/mol. The quantitative estimate of drug-likeness (QED) is 0.891. The lowest BCUT2D eigenvalue weighted by molar-refractivity contribution is 0.151. The average Bonchev–Trinajstić information content (AvgIpc) is 2.67. The molecule has 1 N–H and O–H groups in total. The molecule has 2 aromatic rings. The van der Waals surface area contributed by atoms with Gasteiger partial charge in [-0.25, -0.2) is 13.8 Å². The topological polar surface area (TPSA) is 24.9 Å². The van der Waals surface area contributed by atoms with E-state index >= 15 is 0 Å². The molecule has 0 aliphatic rings. The Bertz CT molecular complexity index is 482. The Morgan fingerprint density at radius 3 is 2.94 bits per heavy atom. The van der Waals surface area contributed by atoms with Crippen LogP contribution in [0.25, 0.3) is 10.2 Å². The van der Waals surface area contributed by atoms with Gasteiger partial charge in [-0.05, 0) is 19.2 Å². The fourth-order valence-corrected chi connectivity index (χ4v) is 2.41. The number of hydrogen-bond donors (Lipinski definition) is 1. The summed E-state index contributed by atoms with van der Waals surface area (Å²) < 4.78 is 25.9. The molecule has 0 aliphatic heterocycles. The minimum atomic E-state index is -2.42. The zero-order chi connectivity index (χ0) is 11.5. The van der Waals surface area contributed by atoms with Crippen molar-refractivity contribution in [1.82, 2.24) is 10.3 Å². The molecule has 1 aromatic carbocycles. The van der Waals surface area contributed by atoms with E-state index < -0.39 is 6.43 Å². The largest absolute Gasteiger partial charge is 0.319 e. The highest BCUT2D eigenvalue weighted by atomic mass is 32.1. The van der Waals surface area contributed by atoms with Crippen molar-refractivity contribution < 1.29 is 8.78 Å². The number of likely N-dealkylation sites (N-methyl/N-ethyl adjacent to an activating group) is 1. The maximum atomic E-state index is 12.5. The summed E-state index contributed by atoms with van der Waals surface area (Å²) >= 11 is 1.56. The molecule has 0 amide bonds. The Morgan fingerprint density at radius 1 is 1.44 bits per heavy atom. The zero-order valence-electron chi connectivity index (χ0n) is 8.84. The molecular formula is C11H12F2N2S. The molecule has 0 saturated heterocycles. The summed E-state index contributed by atoms with van der Waals surface area (Å²) in [6.45, 7) is 0.849. The lowest BCUT2D eigenvalue weighted by atomic mass is 10.2. The van der Waals surface area contributed by atoms with Crippen LogP contribution in [0.4, 0.5) is 8.78 Å². The van der Waals surface area contributed by atoms with Crippen molar-refractivity contribution >= 4 is 21.6 Å². The zero-order valence-corrected chi connectivity index (χ0v) is 9.65. The second kappa shape index (κ2) is 4.84. The Balaban J connectivity index is 2.30. The third kappa shape index (κ3) is 2.36. The molecule has 0 atom stereocenters. The summed E-state index contributed by atoms with van der Waals surface area (Å²) in [7, 11) is 1.88. The SMILES string of the molecule is CNCCc1nc2cc(C(F)F)ccc2s1. The standard InChI is InChI=1S/C11H12F2N2S/c1-14-5-4-10-15-8-6-7(11(12)13)2-3-9(8)16-10/h2-3,6,11,14H,4-5H2,1H3. The van der Waals surface area contributed by atoms with Crippen LogP contribution in [0.2, 0.25) is 0 Å². The summed E-state index contributed by atoms with van der Waals surface area (Å²) in [5, 5.41) is 4.02. The van der Waals surface area contributed by atoms with Gasteiger partial charge in [-0.15, -0.1) is 11.3 Å². The van der Waals surface area contributed by atoms with Gasteiger partial charge >= 0.3 is 0 Å². The minimum Gasteiger partial charge on any atom is -0.319 e. The maximum Gasteiger partial charge on any atom is 0.263 e. The fourth-order valence-electron chi connectivity index (χ4n) is 1.47. The fraction of sp³-hybridized carbons (Fsp3) is 0.364. The molecule has 16 heavy (non-hydrogen) atoms. The maximum absolute atomic E-state index is 12.5. The Hall–Kier alpha value is -1.07. The van der Waals surface area contributed by atoms with Crippen LogP contribution in [-0.4, -0.2) is 18.6 Å². The van der Waals surface area contributed by atoms with E-state index in [9.17, 15) is 8.78 Å². The smallest absolute Gasteiger partial charge is 0.263 e. The molecule has 0 saturated carbocycles. The highest BCUT2D eigenvalue weighted by Gasteiger charge is 2.10. The molecule has 0 aliphatic carbocycles. The van der Waals surface area contributed by atoms with Crippen LogP contribution in [0.3, 0.4) is 0 Å². The van der Waals surface area contributed by atoms with Gasteiger partial charge in [0.1, 0.15) is 0 Å². The molecule has 86 valence electrons. The number of hydrogen-bond acceptors (Lipinski definition) is 3. The molecule has 0 bridgehead atoms. The summed E-state index contributed by atoms with van der Waals surface area (Å²) in [5.74, 6) is 0. The number of rotatable bonds is 4. The molecule has 1 heterocycles. The Labute approximate surface area is 96.3 Å². The number of nitrogens with one attached hydrogen (secondary N) is 1. The van der Waals surface area contributed by atoms with Crippen LogP contribution < -0.4 is 5.32 Å². The Morgan fingerprint density at radius 2 is 2.25 bits per heavy atom. The second-order valence-corrected chi connectivity index (χ2v) is 4.60. The van der Waals surface area contributed by atoms with Crippen LogP contribution in [0.5, 0.6) is 0 Å². The summed E-state index contributed by atoms with van der Waals surface area (Å²) in [5.41, 5.74) is 0.715. The van der Waals surface area contributed by atoms with Gasteiger partial charge in [-0.3, -0.25) is 0 Å². The Kier molecular flexibility index (Phi) is 3.46. The lowest BCUT2D eigenvalue weighted by Crippen LogP contribution is -2.09. The molecule has 0 fully saturated rings. The normalized spacial score (nSPS) is 11.5. The minimum absolute atomic E-state index is 0.0398. The first-order chi connectivity index (χ1) is 7.70. The van der Waals surface area contributed by atoms with E-state index in [1.807, 2.05) is 7.05 Å². The lowest BCUT2D eigenvalue weighted by Gasteiger charge is -1.97. The van der Waals surface area contributed by atoms with Crippen LogP contribution in [0.15, 0.2) is 18.2 Å². The molecular weight excluding hydrogens is 230 g/mol. The third-order valence-corrected chi connectivity index (χ3v) is 3.39. The summed E-state index contributed by atoms with van der Waals surface area (Å²) in [6, 6.07) is 4.66. The van der Waals surface area contributed by atoms with E-state index in [0.29, 0.717) is 5.52 Å². The molecule has 0 unspecified atom stereocenters. The van der Waals surface area contributed by atoms with E-state index in [0.717, 1.165) is 22.7 Å². The van der Waals surface area contributed by atoms with E-state index in [-0.39, 0.29) is 5.56 Å². The van der Waals surface area contributed by atoms with Gasteiger partial charge in [0, 0.05) is 18.5 Å². The van der Waals surface area contributed by atoms with Crippen molar-refractivity contribution in [2.75, 3.05) is 13.6 Å². The van der Waals surface area contributed by atoms with E-state index in [2.05, 4.69) is 10.3 Å². The van der Waals surface area contributed by atoms with E-state index in [4.69, 9.17) is 0 Å². The van der Waals surface area contributed by atoms with Gasteiger partial charge in [-0.2, -0.15) is 0 Å². The van der Waals surface area contributed by atoms with Crippen LogP contribution >= 0.6 is 11.3 Å². The second-order valence-electron chi connectivity index (χ2n) is 3.49. The number of thiazole rings is 1. The molecule has 1 aromatic heterocycles. The number of nitrogens with zero attached hydrogens (tertiary/aromatic N) is 1. The highest BCUT2D eigenvalue weighted by molar-refractivity contribution is 7.18. The van der Waals surface area contributed by atoms with Crippen molar-refractivity contribution in [2.45, 2.75) is 12.8 Å².